The first-order valence-corrected chi connectivity index (χ1v) is 6.81. The molecule has 2 rings (SSSR count). The summed E-state index contributed by atoms with van der Waals surface area (Å²) in [6.07, 6.45) is 5.76. The zero-order chi connectivity index (χ0) is 12.3. The Bertz CT molecular complexity index is 270. The number of carbonyl (C=O) groups is 1. The number of carbonyl (C=O) groups excluding carboxylic acids is 1. The normalized spacial score (nSPS) is 34.4. The van der Waals surface area contributed by atoms with E-state index in [9.17, 15) is 9.90 Å². The van der Waals surface area contributed by atoms with Crippen molar-refractivity contribution < 1.29 is 9.90 Å². The van der Waals surface area contributed by atoms with Crippen LogP contribution in [0, 0.1) is 11.8 Å². The lowest BCUT2D eigenvalue weighted by Gasteiger charge is -2.31. The van der Waals surface area contributed by atoms with Gasteiger partial charge in [-0.3, -0.25) is 4.79 Å². The molecule has 2 N–H and O–H groups in total. The minimum absolute atomic E-state index is 0.0151. The van der Waals surface area contributed by atoms with E-state index in [4.69, 9.17) is 0 Å². The van der Waals surface area contributed by atoms with E-state index in [2.05, 4.69) is 5.32 Å². The van der Waals surface area contributed by atoms with Crippen LogP contribution in [0.1, 0.15) is 32.1 Å². The van der Waals surface area contributed by atoms with Crippen LogP contribution in [0.5, 0.6) is 0 Å². The SMILES string of the molecule is CN1CCC(NCC2CCCCC2CO)C1=O. The van der Waals surface area contributed by atoms with Crippen molar-refractivity contribution in [2.75, 3.05) is 26.7 Å². The summed E-state index contributed by atoms with van der Waals surface area (Å²) in [6, 6.07) is 0.0151. The molecule has 4 heteroatoms. The Morgan fingerprint density at radius 2 is 2.00 bits per heavy atom. The van der Waals surface area contributed by atoms with Gasteiger partial charge in [-0.25, -0.2) is 0 Å². The smallest absolute Gasteiger partial charge is 0.239 e. The average molecular weight is 240 g/mol. The van der Waals surface area contributed by atoms with Crippen molar-refractivity contribution in [2.24, 2.45) is 11.8 Å². The first-order valence-electron chi connectivity index (χ1n) is 6.81. The second kappa shape index (κ2) is 5.83. The number of likely N-dealkylation sites (tertiary alicyclic amines) is 1. The summed E-state index contributed by atoms with van der Waals surface area (Å²) in [4.78, 5) is 13.5. The van der Waals surface area contributed by atoms with Crippen LogP contribution in [0.15, 0.2) is 0 Å². The second-order valence-electron chi connectivity index (χ2n) is 5.50. The Morgan fingerprint density at radius 3 is 2.59 bits per heavy atom. The molecule has 1 saturated carbocycles. The molecule has 0 aromatic rings. The molecule has 98 valence electrons. The molecule has 2 aliphatic rings. The maximum absolute atomic E-state index is 11.7. The molecule has 4 nitrogen and oxygen atoms in total. The van der Waals surface area contributed by atoms with Crippen molar-refractivity contribution in [2.45, 2.75) is 38.1 Å². The van der Waals surface area contributed by atoms with E-state index in [1.54, 1.807) is 4.90 Å². The average Bonchev–Trinajstić information content (AvgIpc) is 2.68. The molecular weight excluding hydrogens is 216 g/mol. The minimum atomic E-state index is 0.0151. The quantitative estimate of drug-likeness (QED) is 0.757. The first kappa shape index (κ1) is 12.8. The lowest BCUT2D eigenvalue weighted by Crippen LogP contribution is -2.41. The summed E-state index contributed by atoms with van der Waals surface area (Å²) in [5.74, 6) is 1.21. The maximum Gasteiger partial charge on any atom is 0.239 e. The highest BCUT2D eigenvalue weighted by molar-refractivity contribution is 5.83. The summed E-state index contributed by atoms with van der Waals surface area (Å²) in [7, 11) is 1.86. The van der Waals surface area contributed by atoms with Crippen LogP contribution in [0.4, 0.5) is 0 Å². The molecule has 0 bridgehead atoms. The van der Waals surface area contributed by atoms with Gasteiger partial charge in [-0.1, -0.05) is 12.8 Å². The number of nitrogens with zero attached hydrogens (tertiary/aromatic N) is 1. The fraction of sp³-hybridized carbons (Fsp3) is 0.923. The van der Waals surface area contributed by atoms with Gasteiger partial charge in [0.1, 0.15) is 0 Å². The third-order valence-electron chi connectivity index (χ3n) is 4.35. The van der Waals surface area contributed by atoms with Gasteiger partial charge >= 0.3 is 0 Å². The van der Waals surface area contributed by atoms with Crippen LogP contribution >= 0.6 is 0 Å². The third kappa shape index (κ3) is 2.99. The van der Waals surface area contributed by atoms with E-state index in [1.165, 1.54) is 19.3 Å². The van der Waals surface area contributed by atoms with E-state index in [1.807, 2.05) is 7.05 Å². The number of rotatable bonds is 4. The van der Waals surface area contributed by atoms with Gasteiger partial charge in [-0.2, -0.15) is 0 Å². The van der Waals surface area contributed by atoms with Gasteiger partial charge in [0.25, 0.3) is 0 Å². The van der Waals surface area contributed by atoms with Crippen molar-refractivity contribution in [3.05, 3.63) is 0 Å². The summed E-state index contributed by atoms with van der Waals surface area (Å²) < 4.78 is 0. The van der Waals surface area contributed by atoms with Crippen LogP contribution in [-0.4, -0.2) is 48.7 Å². The molecule has 2 fully saturated rings. The Morgan fingerprint density at radius 1 is 1.29 bits per heavy atom. The van der Waals surface area contributed by atoms with Crippen molar-refractivity contribution in [1.29, 1.82) is 0 Å². The Kier molecular flexibility index (Phi) is 4.40. The number of amides is 1. The van der Waals surface area contributed by atoms with Gasteiger partial charge in [0.2, 0.25) is 5.91 Å². The Hall–Kier alpha value is -0.610. The van der Waals surface area contributed by atoms with Gasteiger partial charge in [0.05, 0.1) is 6.04 Å². The Balaban J connectivity index is 1.79. The van der Waals surface area contributed by atoms with Crippen molar-refractivity contribution in [1.82, 2.24) is 10.2 Å². The van der Waals surface area contributed by atoms with Gasteiger partial charge in [-0.05, 0) is 37.6 Å². The van der Waals surface area contributed by atoms with E-state index in [0.717, 1.165) is 25.9 Å². The second-order valence-corrected chi connectivity index (χ2v) is 5.50. The van der Waals surface area contributed by atoms with Gasteiger partial charge < -0.3 is 15.3 Å². The molecule has 1 aliphatic carbocycles. The zero-order valence-electron chi connectivity index (χ0n) is 10.7. The third-order valence-corrected chi connectivity index (χ3v) is 4.35. The summed E-state index contributed by atoms with van der Waals surface area (Å²) in [6.45, 7) is 2.05. The fourth-order valence-corrected chi connectivity index (χ4v) is 3.10. The number of aliphatic hydroxyl groups is 1. The summed E-state index contributed by atoms with van der Waals surface area (Å²) >= 11 is 0. The molecule has 0 aromatic carbocycles. The van der Waals surface area contributed by atoms with E-state index >= 15 is 0 Å². The molecule has 0 aromatic heterocycles. The molecule has 1 saturated heterocycles. The highest BCUT2D eigenvalue weighted by Crippen LogP contribution is 2.29. The standard InChI is InChI=1S/C13H24N2O2/c1-15-7-6-12(13(15)17)14-8-10-4-2-3-5-11(10)9-16/h10-12,14,16H,2-9H2,1H3. The maximum atomic E-state index is 11.7. The largest absolute Gasteiger partial charge is 0.396 e. The molecule has 1 heterocycles. The van der Waals surface area contributed by atoms with Crippen molar-refractivity contribution in [3.63, 3.8) is 0 Å². The number of aliphatic hydroxyl groups excluding tert-OH is 1. The van der Waals surface area contributed by atoms with Crippen molar-refractivity contribution >= 4 is 5.91 Å². The number of hydrogen-bond donors (Lipinski definition) is 2. The molecule has 1 aliphatic heterocycles. The highest BCUT2D eigenvalue weighted by Gasteiger charge is 2.30. The van der Waals surface area contributed by atoms with E-state index in [-0.39, 0.29) is 11.9 Å². The van der Waals surface area contributed by atoms with Crippen LogP contribution in [0.3, 0.4) is 0 Å². The highest BCUT2D eigenvalue weighted by atomic mass is 16.3. The van der Waals surface area contributed by atoms with Gasteiger partial charge in [0.15, 0.2) is 0 Å². The first-order chi connectivity index (χ1) is 8.22. The van der Waals surface area contributed by atoms with Crippen LogP contribution < -0.4 is 5.32 Å². The summed E-state index contributed by atoms with van der Waals surface area (Å²) in [5, 5.41) is 12.7. The predicted octanol–water partition coefficient (Wildman–Crippen LogP) is 0.605. The van der Waals surface area contributed by atoms with E-state index in [0.29, 0.717) is 18.4 Å². The molecule has 17 heavy (non-hydrogen) atoms. The Labute approximate surface area is 103 Å². The molecule has 3 atom stereocenters. The van der Waals surface area contributed by atoms with Crippen molar-refractivity contribution in [3.8, 4) is 0 Å². The minimum Gasteiger partial charge on any atom is -0.396 e. The van der Waals surface area contributed by atoms with Crippen LogP contribution in [-0.2, 0) is 4.79 Å². The topological polar surface area (TPSA) is 52.6 Å². The molecule has 0 radical (unpaired) electrons. The lowest BCUT2D eigenvalue weighted by molar-refractivity contribution is -0.128. The van der Waals surface area contributed by atoms with Crippen LogP contribution in [0.2, 0.25) is 0 Å². The van der Waals surface area contributed by atoms with Gasteiger partial charge in [0, 0.05) is 20.2 Å². The zero-order valence-corrected chi connectivity index (χ0v) is 10.7. The molecule has 3 unspecified atom stereocenters. The molecule has 0 spiro atoms. The number of likely N-dealkylation sites (N-methyl/N-ethyl adjacent to an activating group) is 1. The van der Waals surface area contributed by atoms with E-state index < -0.39 is 0 Å². The molecule has 1 amide bonds. The lowest BCUT2D eigenvalue weighted by atomic mass is 9.79. The van der Waals surface area contributed by atoms with Gasteiger partial charge in [-0.15, -0.1) is 0 Å². The number of nitrogens with one attached hydrogen (secondary N) is 1. The summed E-state index contributed by atoms with van der Waals surface area (Å²) in [5.41, 5.74) is 0. The molecular formula is C13H24N2O2. The fourth-order valence-electron chi connectivity index (χ4n) is 3.10. The number of hydrogen-bond acceptors (Lipinski definition) is 3. The van der Waals surface area contributed by atoms with Crippen LogP contribution in [0.25, 0.3) is 0 Å². The monoisotopic (exact) mass is 240 g/mol. The predicted molar refractivity (Wildman–Crippen MR) is 66.6 cm³/mol.